The topological polar surface area (TPSA) is 24.5 Å². The van der Waals surface area contributed by atoms with E-state index in [0.717, 1.165) is 19.5 Å². The fraction of sp³-hybridized carbons (Fsp3) is 1.00. The summed E-state index contributed by atoms with van der Waals surface area (Å²) in [5.41, 5.74) is -0.0150. The maximum absolute atomic E-state index is 6.24. The number of nitrogens with zero attached hydrogens (tertiary/aromatic N) is 1. The van der Waals surface area contributed by atoms with Gasteiger partial charge in [0.1, 0.15) is 0 Å². The Balaban J connectivity index is 2.64. The zero-order chi connectivity index (χ0) is 14.7. The molecule has 3 heteroatoms. The Bertz CT molecular complexity index is 272. The van der Waals surface area contributed by atoms with Crippen LogP contribution < -0.4 is 5.32 Å². The average molecular weight is 270 g/mol. The fourth-order valence-corrected chi connectivity index (χ4v) is 3.64. The van der Waals surface area contributed by atoms with E-state index < -0.39 is 0 Å². The Morgan fingerprint density at radius 2 is 1.79 bits per heavy atom. The third-order valence-corrected chi connectivity index (χ3v) is 4.65. The van der Waals surface area contributed by atoms with Crippen LogP contribution in [-0.4, -0.2) is 48.8 Å². The SMILES string of the molecule is CCN(CC)CCC(NC)C1CC(C)(C)OC1(C)C. The van der Waals surface area contributed by atoms with Crippen LogP contribution in [0.4, 0.5) is 0 Å². The first-order valence-corrected chi connectivity index (χ1v) is 7.85. The third-order valence-electron chi connectivity index (χ3n) is 4.65. The first kappa shape index (κ1) is 16.9. The molecule has 2 unspecified atom stereocenters. The molecule has 1 heterocycles. The van der Waals surface area contributed by atoms with Gasteiger partial charge in [-0.2, -0.15) is 0 Å². The van der Waals surface area contributed by atoms with Crippen LogP contribution in [0.5, 0.6) is 0 Å². The molecule has 0 spiro atoms. The Morgan fingerprint density at radius 1 is 1.21 bits per heavy atom. The molecular weight excluding hydrogens is 236 g/mol. The molecular formula is C16H34N2O. The quantitative estimate of drug-likeness (QED) is 0.770. The van der Waals surface area contributed by atoms with E-state index in [1.807, 2.05) is 0 Å². The van der Waals surface area contributed by atoms with Crippen LogP contribution in [0, 0.1) is 5.92 Å². The maximum Gasteiger partial charge on any atom is 0.0677 e. The zero-order valence-corrected chi connectivity index (χ0v) is 14.0. The van der Waals surface area contributed by atoms with Gasteiger partial charge >= 0.3 is 0 Å². The van der Waals surface area contributed by atoms with Crippen molar-refractivity contribution in [2.75, 3.05) is 26.7 Å². The van der Waals surface area contributed by atoms with Crippen molar-refractivity contribution in [3.05, 3.63) is 0 Å². The summed E-state index contributed by atoms with van der Waals surface area (Å²) < 4.78 is 6.24. The van der Waals surface area contributed by atoms with E-state index in [2.05, 4.69) is 58.8 Å². The first-order valence-electron chi connectivity index (χ1n) is 7.85. The number of ether oxygens (including phenoxy) is 1. The molecule has 0 aromatic rings. The fourth-order valence-electron chi connectivity index (χ4n) is 3.64. The van der Waals surface area contributed by atoms with Crippen molar-refractivity contribution >= 4 is 0 Å². The lowest BCUT2D eigenvalue weighted by atomic mass is 9.80. The van der Waals surface area contributed by atoms with Crippen LogP contribution in [0.1, 0.15) is 54.4 Å². The number of hydrogen-bond acceptors (Lipinski definition) is 3. The lowest BCUT2D eigenvalue weighted by molar-refractivity contribution is -0.0778. The summed E-state index contributed by atoms with van der Waals surface area (Å²) in [4.78, 5) is 2.50. The smallest absolute Gasteiger partial charge is 0.0677 e. The van der Waals surface area contributed by atoms with Gasteiger partial charge in [0.15, 0.2) is 0 Å². The molecule has 1 aliphatic heterocycles. The zero-order valence-electron chi connectivity index (χ0n) is 14.0. The van der Waals surface area contributed by atoms with E-state index >= 15 is 0 Å². The van der Waals surface area contributed by atoms with Crippen LogP contribution in [0.3, 0.4) is 0 Å². The van der Waals surface area contributed by atoms with Crippen LogP contribution in [0.15, 0.2) is 0 Å². The van der Waals surface area contributed by atoms with Crippen LogP contribution in [-0.2, 0) is 4.74 Å². The highest BCUT2D eigenvalue weighted by Crippen LogP contribution is 2.44. The van der Waals surface area contributed by atoms with E-state index in [-0.39, 0.29) is 11.2 Å². The molecule has 0 radical (unpaired) electrons. The molecule has 1 aliphatic rings. The highest BCUT2D eigenvalue weighted by molar-refractivity contribution is 4.99. The monoisotopic (exact) mass is 270 g/mol. The molecule has 0 saturated carbocycles. The molecule has 19 heavy (non-hydrogen) atoms. The van der Waals surface area contributed by atoms with Crippen molar-refractivity contribution in [3.63, 3.8) is 0 Å². The van der Waals surface area contributed by atoms with Gasteiger partial charge in [-0.05, 0) is 67.2 Å². The van der Waals surface area contributed by atoms with Gasteiger partial charge in [-0.3, -0.25) is 0 Å². The molecule has 0 aromatic carbocycles. The van der Waals surface area contributed by atoms with Gasteiger partial charge in [-0.25, -0.2) is 0 Å². The molecule has 1 N–H and O–H groups in total. The van der Waals surface area contributed by atoms with Crippen molar-refractivity contribution in [1.82, 2.24) is 10.2 Å². The summed E-state index contributed by atoms with van der Waals surface area (Å²) >= 11 is 0. The Morgan fingerprint density at radius 3 is 2.16 bits per heavy atom. The molecule has 1 fully saturated rings. The molecule has 1 saturated heterocycles. The molecule has 0 amide bonds. The molecule has 3 nitrogen and oxygen atoms in total. The lowest BCUT2D eigenvalue weighted by Crippen LogP contribution is -2.44. The standard InChI is InChI=1S/C16H34N2O/c1-8-18(9-2)11-10-14(17-7)13-12-15(3,4)19-16(13,5)6/h13-14,17H,8-12H2,1-7H3. The summed E-state index contributed by atoms with van der Waals surface area (Å²) in [5.74, 6) is 0.586. The van der Waals surface area contributed by atoms with Gasteiger partial charge in [0.05, 0.1) is 11.2 Å². The van der Waals surface area contributed by atoms with Crippen molar-refractivity contribution in [3.8, 4) is 0 Å². The van der Waals surface area contributed by atoms with E-state index in [1.54, 1.807) is 0 Å². The number of hydrogen-bond donors (Lipinski definition) is 1. The summed E-state index contributed by atoms with van der Waals surface area (Å²) in [7, 11) is 2.09. The van der Waals surface area contributed by atoms with E-state index in [4.69, 9.17) is 4.74 Å². The molecule has 1 rings (SSSR count). The molecule has 0 bridgehead atoms. The third kappa shape index (κ3) is 4.44. The average Bonchev–Trinajstić information content (AvgIpc) is 2.53. The minimum Gasteiger partial charge on any atom is -0.369 e. The van der Waals surface area contributed by atoms with E-state index in [1.165, 1.54) is 13.0 Å². The van der Waals surface area contributed by atoms with Gasteiger partial charge in [0, 0.05) is 12.0 Å². The predicted molar refractivity (Wildman–Crippen MR) is 82.6 cm³/mol. The predicted octanol–water partition coefficient (Wildman–Crippen LogP) is 2.90. The van der Waals surface area contributed by atoms with Crippen LogP contribution >= 0.6 is 0 Å². The van der Waals surface area contributed by atoms with Gasteiger partial charge in [-0.15, -0.1) is 0 Å². The van der Waals surface area contributed by atoms with Gasteiger partial charge in [0.25, 0.3) is 0 Å². The number of rotatable bonds is 7. The van der Waals surface area contributed by atoms with E-state index in [0.29, 0.717) is 12.0 Å². The highest BCUT2D eigenvalue weighted by Gasteiger charge is 2.48. The minimum absolute atomic E-state index is 0.0124. The van der Waals surface area contributed by atoms with Crippen molar-refractivity contribution in [2.45, 2.75) is 71.6 Å². The second kappa shape index (κ2) is 6.55. The van der Waals surface area contributed by atoms with Gasteiger partial charge < -0.3 is 15.0 Å². The Kier molecular flexibility index (Phi) is 5.84. The summed E-state index contributed by atoms with van der Waals surface area (Å²) in [6.07, 6.45) is 2.34. The summed E-state index contributed by atoms with van der Waals surface area (Å²) in [6, 6.07) is 0.539. The largest absolute Gasteiger partial charge is 0.369 e. The Labute approximate surface area is 120 Å². The van der Waals surface area contributed by atoms with Crippen molar-refractivity contribution in [2.24, 2.45) is 5.92 Å². The minimum atomic E-state index is -0.0273. The van der Waals surface area contributed by atoms with Gasteiger partial charge in [0.2, 0.25) is 0 Å². The second-order valence-corrected chi connectivity index (χ2v) is 6.99. The van der Waals surface area contributed by atoms with Crippen molar-refractivity contribution in [1.29, 1.82) is 0 Å². The Hall–Kier alpha value is -0.120. The highest BCUT2D eigenvalue weighted by atomic mass is 16.5. The van der Waals surface area contributed by atoms with E-state index in [9.17, 15) is 0 Å². The molecule has 114 valence electrons. The first-order chi connectivity index (χ1) is 8.75. The maximum atomic E-state index is 6.24. The molecule has 0 aromatic heterocycles. The number of nitrogens with one attached hydrogen (secondary N) is 1. The molecule has 2 atom stereocenters. The summed E-state index contributed by atoms with van der Waals surface area (Å²) in [6.45, 7) is 16.9. The van der Waals surface area contributed by atoms with Crippen molar-refractivity contribution < 1.29 is 4.74 Å². The normalized spacial score (nSPS) is 26.8. The lowest BCUT2D eigenvalue weighted by Gasteiger charge is -2.34. The van der Waals surface area contributed by atoms with Crippen LogP contribution in [0.2, 0.25) is 0 Å². The van der Waals surface area contributed by atoms with Crippen LogP contribution in [0.25, 0.3) is 0 Å². The van der Waals surface area contributed by atoms with Gasteiger partial charge in [-0.1, -0.05) is 13.8 Å². The second-order valence-electron chi connectivity index (χ2n) is 6.99. The molecule has 0 aliphatic carbocycles. The summed E-state index contributed by atoms with van der Waals surface area (Å²) in [5, 5.41) is 3.53.